The number of hydrogen-bond donors (Lipinski definition) is 2. The summed E-state index contributed by atoms with van der Waals surface area (Å²) in [6.07, 6.45) is 1.46. The van der Waals surface area contributed by atoms with Gasteiger partial charge in [-0.3, -0.25) is 9.59 Å². The lowest BCUT2D eigenvalue weighted by atomic mass is 9.83. The first kappa shape index (κ1) is 18.3. The predicted molar refractivity (Wildman–Crippen MR) is 121 cm³/mol. The normalized spacial score (nSPS) is 12.7. The van der Waals surface area contributed by atoms with Crippen LogP contribution in [0.25, 0.3) is 21.9 Å². The summed E-state index contributed by atoms with van der Waals surface area (Å²) in [6, 6.07) is 17.8. The van der Waals surface area contributed by atoms with Gasteiger partial charge in [0, 0.05) is 16.7 Å². The number of ether oxygens (including phenoxy) is 1. The number of nitrogens with zero attached hydrogens (tertiary/aromatic N) is 2. The highest BCUT2D eigenvalue weighted by Crippen LogP contribution is 2.37. The number of aromatic amines is 1. The molecular formula is C25H16N4O3. The van der Waals surface area contributed by atoms with Gasteiger partial charge in [0.1, 0.15) is 23.1 Å². The van der Waals surface area contributed by atoms with Gasteiger partial charge in [-0.05, 0) is 18.2 Å². The van der Waals surface area contributed by atoms with Crippen molar-refractivity contribution in [3.63, 3.8) is 0 Å². The molecule has 0 fully saturated rings. The molecule has 2 N–H and O–H groups in total. The van der Waals surface area contributed by atoms with Crippen LogP contribution in [0.5, 0.6) is 5.75 Å². The molecule has 154 valence electrons. The Morgan fingerprint density at radius 3 is 2.41 bits per heavy atom. The Balaban J connectivity index is 1.53. The number of rotatable bonds is 3. The highest BCUT2D eigenvalue weighted by molar-refractivity contribution is 6.30. The van der Waals surface area contributed by atoms with Gasteiger partial charge in [0.05, 0.1) is 29.3 Å². The Hall–Kier alpha value is -4.52. The Bertz CT molecular complexity index is 1590. The molecule has 7 heteroatoms. The first-order chi connectivity index (χ1) is 15.7. The quantitative estimate of drug-likeness (QED) is 0.433. The number of fused-ring (bicyclic) bond motifs is 5. The average Bonchev–Trinajstić information content (AvgIpc) is 3.22. The van der Waals surface area contributed by atoms with Crippen molar-refractivity contribution < 1.29 is 14.3 Å². The van der Waals surface area contributed by atoms with Crippen LogP contribution in [0.2, 0.25) is 0 Å². The zero-order valence-corrected chi connectivity index (χ0v) is 17.0. The lowest BCUT2D eigenvalue weighted by Gasteiger charge is -2.20. The van der Waals surface area contributed by atoms with E-state index in [0.717, 1.165) is 10.9 Å². The van der Waals surface area contributed by atoms with Crippen molar-refractivity contribution in [2.75, 3.05) is 12.4 Å². The summed E-state index contributed by atoms with van der Waals surface area (Å²) in [7, 11) is 1.62. The number of aromatic nitrogens is 3. The number of anilines is 2. The topological polar surface area (TPSA) is 97.0 Å². The zero-order chi connectivity index (χ0) is 21.8. The second-order valence-electron chi connectivity index (χ2n) is 7.51. The van der Waals surface area contributed by atoms with E-state index < -0.39 is 0 Å². The Labute approximate surface area is 182 Å². The lowest BCUT2D eigenvalue weighted by molar-refractivity contribution is 0.0979. The van der Waals surface area contributed by atoms with Gasteiger partial charge in [-0.2, -0.15) is 0 Å². The summed E-state index contributed by atoms with van der Waals surface area (Å²) in [5, 5.41) is 4.11. The van der Waals surface area contributed by atoms with Crippen LogP contribution < -0.4 is 10.1 Å². The van der Waals surface area contributed by atoms with E-state index in [4.69, 9.17) is 4.74 Å². The van der Waals surface area contributed by atoms with Crippen molar-refractivity contribution in [3.05, 3.63) is 89.2 Å². The van der Waals surface area contributed by atoms with Gasteiger partial charge in [-0.1, -0.05) is 42.5 Å². The minimum Gasteiger partial charge on any atom is -0.496 e. The summed E-state index contributed by atoms with van der Waals surface area (Å²) in [6.45, 7) is 0. The van der Waals surface area contributed by atoms with Crippen molar-refractivity contribution in [2.45, 2.75) is 0 Å². The molecule has 0 spiro atoms. The number of benzene rings is 3. The van der Waals surface area contributed by atoms with Crippen molar-refractivity contribution in [2.24, 2.45) is 0 Å². The third-order valence-corrected chi connectivity index (χ3v) is 5.80. The molecule has 0 saturated carbocycles. The second kappa shape index (κ2) is 6.75. The van der Waals surface area contributed by atoms with Gasteiger partial charge in [0.25, 0.3) is 0 Å². The van der Waals surface area contributed by atoms with E-state index in [2.05, 4.69) is 20.3 Å². The molecule has 0 aliphatic heterocycles. The van der Waals surface area contributed by atoms with Crippen LogP contribution in [0.3, 0.4) is 0 Å². The van der Waals surface area contributed by atoms with E-state index in [1.165, 1.54) is 6.33 Å². The molecule has 3 aromatic carbocycles. The summed E-state index contributed by atoms with van der Waals surface area (Å²) in [4.78, 5) is 38.5. The third kappa shape index (κ3) is 2.48. The molecule has 1 aliphatic rings. The van der Waals surface area contributed by atoms with Crippen LogP contribution in [0.4, 0.5) is 11.5 Å². The number of hydrogen-bond acceptors (Lipinski definition) is 6. The van der Waals surface area contributed by atoms with Gasteiger partial charge >= 0.3 is 0 Å². The van der Waals surface area contributed by atoms with Gasteiger partial charge in [-0.25, -0.2) is 9.97 Å². The molecule has 0 radical (unpaired) electrons. The summed E-state index contributed by atoms with van der Waals surface area (Å²) >= 11 is 0. The van der Waals surface area contributed by atoms with Crippen LogP contribution >= 0.6 is 0 Å². The summed E-state index contributed by atoms with van der Waals surface area (Å²) < 4.78 is 5.50. The first-order valence-electron chi connectivity index (χ1n) is 10.0. The van der Waals surface area contributed by atoms with Crippen LogP contribution in [0.15, 0.2) is 67.0 Å². The maximum Gasteiger partial charge on any atom is 0.196 e. The van der Waals surface area contributed by atoms with E-state index in [1.54, 1.807) is 49.6 Å². The van der Waals surface area contributed by atoms with Gasteiger partial charge < -0.3 is 15.0 Å². The van der Waals surface area contributed by atoms with Crippen LogP contribution in [0, 0.1) is 0 Å². The predicted octanol–water partition coefficient (Wildman–Crippen LogP) is 4.64. The Morgan fingerprint density at radius 2 is 1.59 bits per heavy atom. The SMILES string of the molecule is COc1cccc2[nH]c3c(Nc4cccc5c4C(=O)c4ccccc4C5=O)ncnc3c12. The number of carbonyl (C=O) groups excluding carboxylic acids is 2. The lowest BCUT2D eigenvalue weighted by Crippen LogP contribution is -2.22. The highest BCUT2D eigenvalue weighted by atomic mass is 16.5. The van der Waals surface area contributed by atoms with Crippen LogP contribution in [-0.4, -0.2) is 33.6 Å². The molecule has 6 rings (SSSR count). The molecule has 0 bridgehead atoms. The molecule has 7 nitrogen and oxygen atoms in total. The van der Waals surface area contributed by atoms with Crippen molar-refractivity contribution in [1.29, 1.82) is 0 Å². The van der Waals surface area contributed by atoms with Gasteiger partial charge in [0.2, 0.25) is 0 Å². The van der Waals surface area contributed by atoms with Crippen molar-refractivity contribution in [1.82, 2.24) is 15.0 Å². The monoisotopic (exact) mass is 420 g/mol. The maximum absolute atomic E-state index is 13.3. The Morgan fingerprint density at radius 1 is 0.844 bits per heavy atom. The van der Waals surface area contributed by atoms with E-state index in [9.17, 15) is 9.59 Å². The average molecular weight is 420 g/mol. The minimum absolute atomic E-state index is 0.165. The van der Waals surface area contributed by atoms with Crippen LogP contribution in [0.1, 0.15) is 31.8 Å². The summed E-state index contributed by atoms with van der Waals surface area (Å²) in [5.74, 6) is 0.845. The standard InChI is InChI=1S/C25H16N4O3/c1-32-18-11-5-10-17-20(18)21-22(28-17)25(27-12-26-21)29-16-9-4-8-15-19(16)24(31)14-7-3-2-6-13(14)23(15)30/h2-12,28H,1H3,(H,26,27,29). The molecule has 32 heavy (non-hydrogen) atoms. The molecular weight excluding hydrogens is 404 g/mol. The van der Waals surface area contributed by atoms with Gasteiger partial charge in [-0.15, -0.1) is 0 Å². The van der Waals surface area contributed by atoms with E-state index in [-0.39, 0.29) is 11.6 Å². The number of ketones is 2. The molecule has 2 aromatic heterocycles. The number of methoxy groups -OCH3 is 1. The van der Waals surface area contributed by atoms with Crippen molar-refractivity contribution >= 4 is 45.0 Å². The molecule has 0 atom stereocenters. The smallest absolute Gasteiger partial charge is 0.196 e. The highest BCUT2D eigenvalue weighted by Gasteiger charge is 2.31. The fourth-order valence-electron chi connectivity index (χ4n) is 4.35. The minimum atomic E-state index is -0.193. The van der Waals surface area contributed by atoms with Crippen molar-refractivity contribution in [3.8, 4) is 5.75 Å². The van der Waals surface area contributed by atoms with Crippen LogP contribution in [-0.2, 0) is 0 Å². The molecule has 2 heterocycles. The fraction of sp³-hybridized carbons (Fsp3) is 0.0400. The molecule has 5 aromatic rings. The molecule has 0 saturated heterocycles. The van der Waals surface area contributed by atoms with E-state index in [1.807, 2.05) is 18.2 Å². The fourth-order valence-corrected chi connectivity index (χ4v) is 4.35. The number of H-pyrrole nitrogens is 1. The van der Waals surface area contributed by atoms with E-state index >= 15 is 0 Å². The van der Waals surface area contributed by atoms with E-state index in [0.29, 0.717) is 50.5 Å². The van der Waals surface area contributed by atoms with Gasteiger partial charge in [0.15, 0.2) is 17.4 Å². The number of carbonyl (C=O) groups is 2. The Kier molecular flexibility index (Phi) is 3.85. The largest absolute Gasteiger partial charge is 0.496 e. The summed E-state index contributed by atoms with van der Waals surface area (Å²) in [5.41, 5.74) is 4.31. The number of nitrogens with one attached hydrogen (secondary N) is 2. The first-order valence-corrected chi connectivity index (χ1v) is 10.0. The zero-order valence-electron chi connectivity index (χ0n) is 17.0. The maximum atomic E-state index is 13.3. The molecule has 1 aliphatic carbocycles. The molecule has 0 unspecified atom stereocenters. The third-order valence-electron chi connectivity index (χ3n) is 5.80. The second-order valence-corrected chi connectivity index (χ2v) is 7.51. The molecule has 0 amide bonds.